The molecule has 0 fully saturated rings. The molecule has 0 bridgehead atoms. The molecule has 108 valence electrons. The van der Waals surface area contributed by atoms with Gasteiger partial charge in [0.1, 0.15) is 9.97 Å². The highest BCUT2D eigenvalue weighted by Crippen LogP contribution is 2.21. The summed E-state index contributed by atoms with van der Waals surface area (Å²) in [5.74, 6) is -0.615. The molecule has 0 saturated heterocycles. The van der Waals surface area contributed by atoms with Crippen molar-refractivity contribution in [1.82, 2.24) is 9.88 Å². The van der Waals surface area contributed by atoms with E-state index in [-0.39, 0.29) is 16.3 Å². The van der Waals surface area contributed by atoms with Crippen LogP contribution in [-0.2, 0) is 16.6 Å². The number of sulfonamides is 1. The van der Waals surface area contributed by atoms with Gasteiger partial charge in [-0.05, 0) is 19.9 Å². The van der Waals surface area contributed by atoms with Gasteiger partial charge in [0, 0.05) is 17.5 Å². The largest absolute Gasteiger partial charge is 0.478 e. The van der Waals surface area contributed by atoms with E-state index in [0.717, 1.165) is 17.4 Å². The third kappa shape index (κ3) is 2.89. The average Bonchev–Trinajstić information content (AvgIpc) is 2.96. The number of rotatable bonds is 5. The van der Waals surface area contributed by atoms with Crippen molar-refractivity contribution < 1.29 is 22.8 Å². The maximum absolute atomic E-state index is 12.0. The second-order valence-corrected chi connectivity index (χ2v) is 6.99. The Hall–Kier alpha value is -1.71. The summed E-state index contributed by atoms with van der Waals surface area (Å²) in [6.45, 7) is 3.45. The molecule has 9 heteroatoms. The molecule has 2 aromatic rings. The summed E-state index contributed by atoms with van der Waals surface area (Å²) >= 11 is 0.860. The van der Waals surface area contributed by atoms with E-state index in [1.807, 2.05) is 0 Å². The fraction of sp³-hybridized carbons (Fsp3) is 0.273. The maximum Gasteiger partial charge on any atom is 0.336 e. The first-order valence-electron chi connectivity index (χ1n) is 5.54. The van der Waals surface area contributed by atoms with Crippen LogP contribution in [0, 0.1) is 13.8 Å². The van der Waals surface area contributed by atoms with E-state index in [2.05, 4.69) is 9.88 Å². The van der Waals surface area contributed by atoms with E-state index in [9.17, 15) is 13.2 Å². The molecule has 0 spiro atoms. The third-order valence-electron chi connectivity index (χ3n) is 2.71. The van der Waals surface area contributed by atoms with Crippen molar-refractivity contribution in [2.24, 2.45) is 0 Å². The Morgan fingerprint density at radius 1 is 1.50 bits per heavy atom. The first-order valence-corrected chi connectivity index (χ1v) is 7.91. The minimum atomic E-state index is -3.75. The van der Waals surface area contributed by atoms with E-state index in [1.54, 1.807) is 13.8 Å². The van der Waals surface area contributed by atoms with Gasteiger partial charge in [0.2, 0.25) is 10.0 Å². The Kier molecular flexibility index (Phi) is 3.93. The summed E-state index contributed by atoms with van der Waals surface area (Å²) in [4.78, 5) is 10.7. The Morgan fingerprint density at radius 2 is 2.20 bits per heavy atom. The molecule has 7 nitrogen and oxygen atoms in total. The summed E-state index contributed by atoms with van der Waals surface area (Å²) in [5, 5.41) is 13.8. The lowest BCUT2D eigenvalue weighted by Crippen LogP contribution is -2.23. The van der Waals surface area contributed by atoms with Crippen molar-refractivity contribution in [2.45, 2.75) is 24.6 Å². The van der Waals surface area contributed by atoms with Gasteiger partial charge in [-0.25, -0.2) is 17.9 Å². The summed E-state index contributed by atoms with van der Waals surface area (Å²) in [7, 11) is -3.75. The number of carboxylic acid groups (broad SMARTS) is 1. The smallest absolute Gasteiger partial charge is 0.336 e. The zero-order valence-corrected chi connectivity index (χ0v) is 12.3. The fourth-order valence-corrected chi connectivity index (χ4v) is 3.76. The number of hydrogen-bond donors (Lipinski definition) is 2. The standard InChI is InChI=1S/C11H12N2O5S2/c1-6-9(7(2)18-13-6)4-12-20(16,17)10-3-8(5-19-10)11(14)15/h3,5,12H,4H2,1-2H3,(H,14,15). The van der Waals surface area contributed by atoms with Gasteiger partial charge >= 0.3 is 5.97 Å². The predicted octanol–water partition coefficient (Wildman–Crippen LogP) is 1.53. The molecule has 20 heavy (non-hydrogen) atoms. The Labute approximate surface area is 119 Å². The summed E-state index contributed by atoms with van der Waals surface area (Å²) < 4.78 is 31.4. The zero-order chi connectivity index (χ0) is 14.9. The van der Waals surface area contributed by atoms with Crippen LogP contribution < -0.4 is 4.72 Å². The van der Waals surface area contributed by atoms with Gasteiger partial charge in [-0.15, -0.1) is 11.3 Å². The second-order valence-electron chi connectivity index (χ2n) is 4.09. The molecule has 0 aliphatic heterocycles. The minimum Gasteiger partial charge on any atom is -0.478 e. The average molecular weight is 316 g/mol. The van der Waals surface area contributed by atoms with Crippen LogP contribution in [0.2, 0.25) is 0 Å². The van der Waals surface area contributed by atoms with Crippen molar-refractivity contribution in [3.05, 3.63) is 34.0 Å². The molecule has 0 unspecified atom stereocenters. The van der Waals surface area contributed by atoms with Crippen molar-refractivity contribution in [2.75, 3.05) is 0 Å². The monoisotopic (exact) mass is 316 g/mol. The number of aromatic nitrogens is 1. The molecule has 0 aliphatic rings. The van der Waals surface area contributed by atoms with Gasteiger partial charge in [-0.2, -0.15) is 0 Å². The maximum atomic E-state index is 12.0. The molecule has 2 aromatic heterocycles. The molecule has 0 aromatic carbocycles. The zero-order valence-electron chi connectivity index (χ0n) is 10.7. The van der Waals surface area contributed by atoms with Crippen LogP contribution in [0.4, 0.5) is 0 Å². The lowest BCUT2D eigenvalue weighted by Gasteiger charge is -2.03. The normalized spacial score (nSPS) is 11.7. The first-order chi connectivity index (χ1) is 9.31. The number of carbonyl (C=O) groups is 1. The van der Waals surface area contributed by atoms with Crippen molar-refractivity contribution >= 4 is 27.3 Å². The van der Waals surface area contributed by atoms with Crippen LogP contribution in [0.5, 0.6) is 0 Å². The Bertz CT molecular complexity index is 725. The summed E-state index contributed by atoms with van der Waals surface area (Å²) in [6.07, 6.45) is 0. The lowest BCUT2D eigenvalue weighted by atomic mass is 10.2. The second kappa shape index (κ2) is 5.35. The number of nitrogens with zero attached hydrogens (tertiary/aromatic N) is 1. The van der Waals surface area contributed by atoms with Gasteiger partial charge in [0.15, 0.2) is 0 Å². The van der Waals surface area contributed by atoms with Gasteiger partial charge in [-0.3, -0.25) is 0 Å². The van der Waals surface area contributed by atoms with E-state index in [1.165, 1.54) is 5.38 Å². The van der Waals surface area contributed by atoms with Crippen LogP contribution in [0.25, 0.3) is 0 Å². The lowest BCUT2D eigenvalue weighted by molar-refractivity contribution is 0.0697. The van der Waals surface area contributed by atoms with Crippen molar-refractivity contribution in [3.63, 3.8) is 0 Å². The Morgan fingerprint density at radius 3 is 2.70 bits per heavy atom. The number of aromatic carboxylic acids is 1. The van der Waals surface area contributed by atoms with Gasteiger partial charge < -0.3 is 9.63 Å². The first kappa shape index (κ1) is 14.7. The molecular weight excluding hydrogens is 304 g/mol. The van der Waals surface area contributed by atoms with Gasteiger partial charge in [0.05, 0.1) is 11.3 Å². The molecule has 0 radical (unpaired) electrons. The quantitative estimate of drug-likeness (QED) is 0.865. The molecule has 2 N–H and O–H groups in total. The van der Waals surface area contributed by atoms with E-state index >= 15 is 0 Å². The highest BCUT2D eigenvalue weighted by Gasteiger charge is 2.20. The molecular formula is C11H12N2O5S2. The number of carboxylic acids is 1. The summed E-state index contributed by atoms with van der Waals surface area (Å²) in [5.41, 5.74) is 1.24. The van der Waals surface area contributed by atoms with Crippen molar-refractivity contribution in [1.29, 1.82) is 0 Å². The van der Waals surface area contributed by atoms with Crippen LogP contribution in [0.3, 0.4) is 0 Å². The molecule has 0 atom stereocenters. The molecule has 0 saturated carbocycles. The Balaban J connectivity index is 2.17. The highest BCUT2D eigenvalue weighted by atomic mass is 32.2. The molecule has 0 aliphatic carbocycles. The number of nitrogens with one attached hydrogen (secondary N) is 1. The topological polar surface area (TPSA) is 110 Å². The molecule has 0 amide bonds. The number of thiophene rings is 1. The van der Waals surface area contributed by atoms with Crippen LogP contribution in [0.1, 0.15) is 27.4 Å². The summed E-state index contributed by atoms with van der Waals surface area (Å²) in [6, 6.07) is 1.13. The molecule has 2 rings (SSSR count). The number of hydrogen-bond acceptors (Lipinski definition) is 6. The van der Waals surface area contributed by atoms with Crippen LogP contribution >= 0.6 is 11.3 Å². The van der Waals surface area contributed by atoms with Gasteiger partial charge in [0.25, 0.3) is 0 Å². The molecule has 2 heterocycles. The predicted molar refractivity (Wildman–Crippen MR) is 71.3 cm³/mol. The minimum absolute atomic E-state index is 0.0401. The van der Waals surface area contributed by atoms with E-state index in [4.69, 9.17) is 9.63 Å². The van der Waals surface area contributed by atoms with E-state index in [0.29, 0.717) is 17.0 Å². The number of aryl methyl sites for hydroxylation is 2. The van der Waals surface area contributed by atoms with Crippen LogP contribution in [0.15, 0.2) is 20.2 Å². The van der Waals surface area contributed by atoms with Gasteiger partial charge in [-0.1, -0.05) is 5.16 Å². The van der Waals surface area contributed by atoms with Crippen LogP contribution in [-0.4, -0.2) is 24.7 Å². The third-order valence-corrected chi connectivity index (χ3v) is 5.55. The SMILES string of the molecule is Cc1noc(C)c1CNS(=O)(=O)c1cc(C(=O)O)cs1. The van der Waals surface area contributed by atoms with E-state index < -0.39 is 16.0 Å². The highest BCUT2D eigenvalue weighted by molar-refractivity contribution is 7.91. The fourth-order valence-electron chi connectivity index (χ4n) is 1.56. The van der Waals surface area contributed by atoms with Crippen molar-refractivity contribution in [3.8, 4) is 0 Å².